The molecular formula is C12H15FN4. The zero-order valence-corrected chi connectivity index (χ0v) is 9.73. The highest BCUT2D eigenvalue weighted by molar-refractivity contribution is 5.40. The lowest BCUT2D eigenvalue weighted by molar-refractivity contribution is 0.605. The van der Waals surface area contributed by atoms with Crippen molar-refractivity contribution in [1.29, 1.82) is 0 Å². The van der Waals surface area contributed by atoms with E-state index in [1.54, 1.807) is 12.3 Å². The number of aromatic nitrogens is 3. The Morgan fingerprint density at radius 1 is 1.41 bits per heavy atom. The molecule has 1 heterocycles. The third-order valence-electron chi connectivity index (χ3n) is 2.60. The molecule has 5 heteroatoms. The van der Waals surface area contributed by atoms with Crippen LogP contribution in [0.2, 0.25) is 0 Å². The van der Waals surface area contributed by atoms with Gasteiger partial charge in [0.15, 0.2) is 0 Å². The van der Waals surface area contributed by atoms with Gasteiger partial charge in [-0.2, -0.15) is 0 Å². The Balaban J connectivity index is 2.30. The lowest BCUT2D eigenvalue weighted by atomic mass is 10.2. The van der Waals surface area contributed by atoms with Gasteiger partial charge in [-0.05, 0) is 37.9 Å². The number of halogens is 1. The monoisotopic (exact) mass is 234 g/mol. The number of rotatable bonds is 4. The molecule has 4 nitrogen and oxygen atoms in total. The summed E-state index contributed by atoms with van der Waals surface area (Å²) in [5.41, 5.74) is 7.55. The van der Waals surface area contributed by atoms with Crippen LogP contribution in [0.4, 0.5) is 4.39 Å². The van der Waals surface area contributed by atoms with Crippen molar-refractivity contribution in [2.24, 2.45) is 5.73 Å². The first-order valence-corrected chi connectivity index (χ1v) is 5.59. The van der Waals surface area contributed by atoms with E-state index in [1.165, 1.54) is 10.7 Å². The third-order valence-corrected chi connectivity index (χ3v) is 2.60. The van der Waals surface area contributed by atoms with Crippen molar-refractivity contribution in [3.05, 3.63) is 41.5 Å². The first-order chi connectivity index (χ1) is 8.22. The largest absolute Gasteiger partial charge is 0.330 e. The standard InChI is InChI=1S/C12H15FN4/c1-9-4-2-6-11(13)12(9)17-8-10(15-16-17)5-3-7-14/h2,4,6,8H,3,5,7,14H2,1H3. The van der Waals surface area contributed by atoms with Gasteiger partial charge in [-0.15, -0.1) is 5.10 Å². The summed E-state index contributed by atoms with van der Waals surface area (Å²) in [6, 6.07) is 4.95. The van der Waals surface area contributed by atoms with Gasteiger partial charge in [0.2, 0.25) is 0 Å². The molecule has 2 aromatic rings. The van der Waals surface area contributed by atoms with Gasteiger partial charge in [-0.3, -0.25) is 0 Å². The predicted octanol–water partition coefficient (Wildman–Crippen LogP) is 1.61. The average molecular weight is 234 g/mol. The van der Waals surface area contributed by atoms with Crippen LogP contribution in [-0.4, -0.2) is 21.5 Å². The molecular weight excluding hydrogens is 219 g/mol. The molecule has 0 fully saturated rings. The second-order valence-electron chi connectivity index (χ2n) is 3.95. The van der Waals surface area contributed by atoms with Gasteiger partial charge in [0.1, 0.15) is 11.5 Å². The highest BCUT2D eigenvalue weighted by Crippen LogP contribution is 2.17. The van der Waals surface area contributed by atoms with Crippen LogP contribution in [-0.2, 0) is 6.42 Å². The van der Waals surface area contributed by atoms with Crippen LogP contribution in [0, 0.1) is 12.7 Å². The van der Waals surface area contributed by atoms with Gasteiger partial charge >= 0.3 is 0 Å². The fourth-order valence-corrected chi connectivity index (χ4v) is 1.72. The van der Waals surface area contributed by atoms with Gasteiger partial charge in [-0.1, -0.05) is 17.3 Å². The number of aryl methyl sites for hydroxylation is 2. The van der Waals surface area contributed by atoms with Crippen molar-refractivity contribution in [3.63, 3.8) is 0 Å². The van der Waals surface area contributed by atoms with Gasteiger partial charge in [0.05, 0.1) is 11.9 Å². The first-order valence-electron chi connectivity index (χ1n) is 5.59. The smallest absolute Gasteiger partial charge is 0.149 e. The van der Waals surface area contributed by atoms with Crippen molar-refractivity contribution in [1.82, 2.24) is 15.0 Å². The van der Waals surface area contributed by atoms with E-state index in [9.17, 15) is 4.39 Å². The molecule has 2 rings (SSSR count). The van der Waals surface area contributed by atoms with Gasteiger partial charge < -0.3 is 5.73 Å². The van der Waals surface area contributed by atoms with E-state index >= 15 is 0 Å². The lowest BCUT2D eigenvalue weighted by Crippen LogP contribution is -2.01. The minimum absolute atomic E-state index is 0.291. The molecule has 0 saturated heterocycles. The van der Waals surface area contributed by atoms with E-state index < -0.39 is 0 Å². The molecule has 0 saturated carbocycles. The number of nitrogens with zero attached hydrogens (tertiary/aromatic N) is 3. The number of hydrogen-bond donors (Lipinski definition) is 1. The van der Waals surface area contributed by atoms with Crippen molar-refractivity contribution in [2.45, 2.75) is 19.8 Å². The molecule has 0 radical (unpaired) electrons. The maximum atomic E-state index is 13.7. The SMILES string of the molecule is Cc1cccc(F)c1-n1cc(CCCN)nn1. The van der Waals surface area contributed by atoms with Gasteiger partial charge in [0, 0.05) is 0 Å². The molecule has 0 bridgehead atoms. The van der Waals surface area contributed by atoms with E-state index in [0.717, 1.165) is 24.1 Å². The van der Waals surface area contributed by atoms with E-state index in [1.807, 2.05) is 13.0 Å². The van der Waals surface area contributed by atoms with Crippen LogP contribution in [0.5, 0.6) is 0 Å². The Morgan fingerprint density at radius 3 is 2.94 bits per heavy atom. The fourth-order valence-electron chi connectivity index (χ4n) is 1.72. The summed E-state index contributed by atoms with van der Waals surface area (Å²) in [6.07, 6.45) is 3.38. The van der Waals surface area contributed by atoms with Gasteiger partial charge in [0.25, 0.3) is 0 Å². The lowest BCUT2D eigenvalue weighted by Gasteiger charge is -2.05. The second-order valence-corrected chi connectivity index (χ2v) is 3.95. The van der Waals surface area contributed by atoms with E-state index in [0.29, 0.717) is 12.2 Å². The molecule has 90 valence electrons. The summed E-state index contributed by atoms with van der Waals surface area (Å²) >= 11 is 0. The Bertz CT molecular complexity index is 487. The predicted molar refractivity (Wildman–Crippen MR) is 63.4 cm³/mol. The molecule has 0 spiro atoms. The molecule has 0 aliphatic rings. The molecule has 0 aliphatic carbocycles. The summed E-state index contributed by atoms with van der Waals surface area (Å²) in [5.74, 6) is -0.291. The molecule has 1 aromatic heterocycles. The first kappa shape index (κ1) is 11.7. The van der Waals surface area contributed by atoms with Crippen LogP contribution in [0.15, 0.2) is 24.4 Å². The fraction of sp³-hybridized carbons (Fsp3) is 0.333. The number of nitrogens with two attached hydrogens (primary N) is 1. The summed E-state index contributed by atoms with van der Waals surface area (Å²) in [5, 5.41) is 7.95. The quantitative estimate of drug-likeness (QED) is 0.874. The number of para-hydroxylation sites is 1. The van der Waals surface area contributed by atoms with Crippen LogP contribution in [0.3, 0.4) is 0 Å². The van der Waals surface area contributed by atoms with Crippen molar-refractivity contribution in [3.8, 4) is 5.69 Å². The minimum atomic E-state index is -0.291. The van der Waals surface area contributed by atoms with Crippen molar-refractivity contribution in [2.75, 3.05) is 6.54 Å². The van der Waals surface area contributed by atoms with Crippen molar-refractivity contribution >= 4 is 0 Å². The van der Waals surface area contributed by atoms with E-state index in [-0.39, 0.29) is 5.82 Å². The maximum Gasteiger partial charge on any atom is 0.149 e. The normalized spacial score (nSPS) is 10.8. The molecule has 2 N–H and O–H groups in total. The second kappa shape index (κ2) is 5.05. The molecule has 0 atom stereocenters. The average Bonchev–Trinajstić information content (AvgIpc) is 2.75. The van der Waals surface area contributed by atoms with E-state index in [2.05, 4.69) is 10.3 Å². The van der Waals surface area contributed by atoms with Crippen molar-refractivity contribution < 1.29 is 4.39 Å². The Kier molecular flexibility index (Phi) is 3.49. The molecule has 0 unspecified atom stereocenters. The highest BCUT2D eigenvalue weighted by Gasteiger charge is 2.09. The Hall–Kier alpha value is -1.75. The highest BCUT2D eigenvalue weighted by atomic mass is 19.1. The van der Waals surface area contributed by atoms with Crippen LogP contribution in [0.1, 0.15) is 17.7 Å². The van der Waals surface area contributed by atoms with Crippen LogP contribution >= 0.6 is 0 Å². The molecule has 1 aromatic carbocycles. The molecule has 17 heavy (non-hydrogen) atoms. The minimum Gasteiger partial charge on any atom is -0.330 e. The number of hydrogen-bond acceptors (Lipinski definition) is 3. The summed E-state index contributed by atoms with van der Waals surface area (Å²) in [6.45, 7) is 2.46. The zero-order chi connectivity index (χ0) is 12.3. The Labute approximate surface area is 99.2 Å². The number of benzene rings is 1. The summed E-state index contributed by atoms with van der Waals surface area (Å²) in [4.78, 5) is 0. The summed E-state index contributed by atoms with van der Waals surface area (Å²) < 4.78 is 15.2. The zero-order valence-electron chi connectivity index (χ0n) is 9.73. The third kappa shape index (κ3) is 2.50. The molecule has 0 aliphatic heterocycles. The van der Waals surface area contributed by atoms with Crippen LogP contribution in [0.25, 0.3) is 5.69 Å². The maximum absolute atomic E-state index is 13.7. The molecule has 0 amide bonds. The van der Waals surface area contributed by atoms with Gasteiger partial charge in [-0.25, -0.2) is 9.07 Å². The topological polar surface area (TPSA) is 56.7 Å². The summed E-state index contributed by atoms with van der Waals surface area (Å²) in [7, 11) is 0. The Morgan fingerprint density at radius 2 is 2.24 bits per heavy atom. The van der Waals surface area contributed by atoms with E-state index in [4.69, 9.17) is 5.73 Å². The van der Waals surface area contributed by atoms with Crippen LogP contribution < -0.4 is 5.73 Å².